The Labute approximate surface area is 107 Å². The Bertz CT molecular complexity index is 521. The summed E-state index contributed by atoms with van der Waals surface area (Å²) in [6.07, 6.45) is 1.90. The maximum atomic E-state index is 5.77. The van der Waals surface area contributed by atoms with Crippen LogP contribution in [0, 0.1) is 6.92 Å². The van der Waals surface area contributed by atoms with Gasteiger partial charge in [0.15, 0.2) is 0 Å². The van der Waals surface area contributed by atoms with Crippen molar-refractivity contribution in [3.8, 4) is 5.75 Å². The number of hydrogen-bond acceptors (Lipinski definition) is 4. The van der Waals surface area contributed by atoms with Gasteiger partial charge in [-0.2, -0.15) is 5.10 Å². The van der Waals surface area contributed by atoms with E-state index in [9.17, 15) is 0 Å². The second kappa shape index (κ2) is 5.64. The highest BCUT2D eigenvalue weighted by Gasteiger charge is 2.06. The molecule has 0 saturated heterocycles. The number of ether oxygens (including phenoxy) is 1. The van der Waals surface area contributed by atoms with Gasteiger partial charge in [0.1, 0.15) is 12.4 Å². The first kappa shape index (κ1) is 12.6. The Balaban J connectivity index is 2.08. The maximum Gasteiger partial charge on any atom is 0.142 e. The van der Waals surface area contributed by atoms with Crippen molar-refractivity contribution in [2.75, 3.05) is 7.05 Å². The SMILES string of the molecule is CNCc1nc(C)ccc1OCc1ccn(C)n1. The van der Waals surface area contributed by atoms with Crippen LogP contribution in [-0.4, -0.2) is 21.8 Å². The summed E-state index contributed by atoms with van der Waals surface area (Å²) in [5.41, 5.74) is 2.83. The molecule has 0 aliphatic rings. The Morgan fingerprint density at radius 3 is 2.83 bits per heavy atom. The molecule has 2 aromatic rings. The predicted molar refractivity (Wildman–Crippen MR) is 69.3 cm³/mol. The first-order valence-electron chi connectivity index (χ1n) is 5.91. The molecule has 2 heterocycles. The van der Waals surface area contributed by atoms with Gasteiger partial charge in [-0.25, -0.2) is 0 Å². The lowest BCUT2D eigenvalue weighted by Gasteiger charge is -2.10. The molecular formula is C13H18N4O. The van der Waals surface area contributed by atoms with Gasteiger partial charge < -0.3 is 10.1 Å². The topological polar surface area (TPSA) is 52.0 Å². The van der Waals surface area contributed by atoms with Crippen molar-refractivity contribution in [2.45, 2.75) is 20.1 Å². The van der Waals surface area contributed by atoms with Gasteiger partial charge in [0.05, 0.1) is 11.4 Å². The fourth-order valence-electron chi connectivity index (χ4n) is 1.72. The molecule has 0 aliphatic carbocycles. The number of nitrogens with one attached hydrogen (secondary N) is 1. The van der Waals surface area contributed by atoms with Crippen LogP contribution in [0.25, 0.3) is 0 Å². The van der Waals surface area contributed by atoms with E-state index >= 15 is 0 Å². The molecule has 0 unspecified atom stereocenters. The molecular weight excluding hydrogens is 228 g/mol. The van der Waals surface area contributed by atoms with Crippen LogP contribution < -0.4 is 10.1 Å². The van der Waals surface area contributed by atoms with Crippen molar-refractivity contribution in [3.05, 3.63) is 41.5 Å². The molecule has 18 heavy (non-hydrogen) atoms. The van der Waals surface area contributed by atoms with Crippen LogP contribution in [0.2, 0.25) is 0 Å². The molecule has 0 spiro atoms. The summed E-state index contributed by atoms with van der Waals surface area (Å²) < 4.78 is 7.53. The summed E-state index contributed by atoms with van der Waals surface area (Å²) in [5.74, 6) is 0.806. The second-order valence-corrected chi connectivity index (χ2v) is 4.20. The van der Waals surface area contributed by atoms with Crippen LogP contribution in [0.5, 0.6) is 5.75 Å². The molecule has 0 fully saturated rings. The molecule has 0 aromatic carbocycles. The highest BCUT2D eigenvalue weighted by molar-refractivity contribution is 5.29. The van der Waals surface area contributed by atoms with Crippen LogP contribution in [0.15, 0.2) is 24.4 Å². The first-order chi connectivity index (χ1) is 8.69. The third-order valence-corrected chi connectivity index (χ3v) is 2.56. The number of hydrogen-bond donors (Lipinski definition) is 1. The zero-order valence-electron chi connectivity index (χ0n) is 11.0. The van der Waals surface area contributed by atoms with E-state index in [2.05, 4.69) is 15.4 Å². The van der Waals surface area contributed by atoms with Crippen LogP contribution in [0.4, 0.5) is 0 Å². The number of rotatable bonds is 5. The molecule has 0 bridgehead atoms. The largest absolute Gasteiger partial charge is 0.485 e. The molecule has 0 atom stereocenters. The van der Waals surface area contributed by atoms with Crippen molar-refractivity contribution >= 4 is 0 Å². The monoisotopic (exact) mass is 246 g/mol. The lowest BCUT2D eigenvalue weighted by Crippen LogP contribution is -2.10. The van der Waals surface area contributed by atoms with Gasteiger partial charge >= 0.3 is 0 Å². The second-order valence-electron chi connectivity index (χ2n) is 4.20. The zero-order valence-corrected chi connectivity index (χ0v) is 11.0. The van der Waals surface area contributed by atoms with Crippen LogP contribution in [0.1, 0.15) is 17.1 Å². The lowest BCUT2D eigenvalue weighted by atomic mass is 10.3. The third-order valence-electron chi connectivity index (χ3n) is 2.56. The van der Waals surface area contributed by atoms with Crippen molar-refractivity contribution in [2.24, 2.45) is 7.05 Å². The lowest BCUT2D eigenvalue weighted by molar-refractivity contribution is 0.294. The molecule has 1 N–H and O–H groups in total. The summed E-state index contributed by atoms with van der Waals surface area (Å²) >= 11 is 0. The van der Waals surface area contributed by atoms with E-state index in [1.807, 2.05) is 45.4 Å². The molecule has 0 radical (unpaired) electrons. The third kappa shape index (κ3) is 3.07. The smallest absolute Gasteiger partial charge is 0.142 e. The van der Waals surface area contributed by atoms with Gasteiger partial charge in [-0.3, -0.25) is 9.67 Å². The number of nitrogens with zero attached hydrogens (tertiary/aromatic N) is 3. The van der Waals surface area contributed by atoms with Crippen molar-refractivity contribution in [1.29, 1.82) is 0 Å². The van der Waals surface area contributed by atoms with Crippen LogP contribution >= 0.6 is 0 Å². The van der Waals surface area contributed by atoms with E-state index in [1.165, 1.54) is 0 Å². The summed E-state index contributed by atoms with van der Waals surface area (Å²) in [4.78, 5) is 4.47. The van der Waals surface area contributed by atoms with Gasteiger partial charge in [-0.05, 0) is 32.2 Å². The van der Waals surface area contributed by atoms with Gasteiger partial charge in [0.2, 0.25) is 0 Å². The minimum atomic E-state index is 0.461. The first-order valence-corrected chi connectivity index (χ1v) is 5.91. The van der Waals surface area contributed by atoms with E-state index in [-0.39, 0.29) is 0 Å². The highest BCUT2D eigenvalue weighted by atomic mass is 16.5. The molecule has 0 saturated carbocycles. The van der Waals surface area contributed by atoms with E-state index in [0.29, 0.717) is 13.2 Å². The molecule has 5 nitrogen and oxygen atoms in total. The minimum absolute atomic E-state index is 0.461. The number of pyridine rings is 1. The summed E-state index contributed by atoms with van der Waals surface area (Å²) in [6.45, 7) is 3.13. The summed E-state index contributed by atoms with van der Waals surface area (Å²) in [5, 5.41) is 7.37. The minimum Gasteiger partial charge on any atom is -0.485 e. The number of aromatic nitrogens is 3. The van der Waals surface area contributed by atoms with Crippen molar-refractivity contribution in [1.82, 2.24) is 20.1 Å². The van der Waals surface area contributed by atoms with Crippen LogP contribution in [0.3, 0.4) is 0 Å². The normalized spacial score (nSPS) is 10.6. The average Bonchev–Trinajstić information content (AvgIpc) is 2.75. The molecule has 96 valence electrons. The quantitative estimate of drug-likeness (QED) is 0.867. The maximum absolute atomic E-state index is 5.77. The van der Waals surface area contributed by atoms with Gasteiger partial charge in [-0.1, -0.05) is 0 Å². The van der Waals surface area contributed by atoms with Crippen molar-refractivity contribution < 1.29 is 4.74 Å². The molecule has 0 aliphatic heterocycles. The Hall–Kier alpha value is -1.88. The van der Waals surface area contributed by atoms with Gasteiger partial charge in [0, 0.05) is 25.5 Å². The van der Waals surface area contributed by atoms with Crippen LogP contribution in [-0.2, 0) is 20.2 Å². The van der Waals surface area contributed by atoms with Crippen molar-refractivity contribution in [3.63, 3.8) is 0 Å². The fraction of sp³-hybridized carbons (Fsp3) is 0.385. The van der Waals surface area contributed by atoms with Gasteiger partial charge in [0.25, 0.3) is 0 Å². The highest BCUT2D eigenvalue weighted by Crippen LogP contribution is 2.18. The Morgan fingerprint density at radius 1 is 1.33 bits per heavy atom. The Kier molecular flexibility index (Phi) is 3.94. The number of aryl methyl sites for hydroxylation is 2. The molecule has 0 amide bonds. The fourth-order valence-corrected chi connectivity index (χ4v) is 1.72. The van der Waals surface area contributed by atoms with E-state index in [4.69, 9.17) is 4.74 Å². The molecule has 2 rings (SSSR count). The van der Waals surface area contributed by atoms with Gasteiger partial charge in [-0.15, -0.1) is 0 Å². The van der Waals surface area contributed by atoms with E-state index in [1.54, 1.807) is 4.68 Å². The Morgan fingerprint density at radius 2 is 2.17 bits per heavy atom. The average molecular weight is 246 g/mol. The molecule has 5 heteroatoms. The summed E-state index contributed by atoms with van der Waals surface area (Å²) in [6, 6.07) is 5.85. The zero-order chi connectivity index (χ0) is 13.0. The van der Waals surface area contributed by atoms with E-state index in [0.717, 1.165) is 22.8 Å². The van der Waals surface area contributed by atoms with E-state index < -0.39 is 0 Å². The molecule has 2 aromatic heterocycles. The standard InChI is InChI=1S/C13H18N4O/c1-10-4-5-13(12(15-10)8-14-2)18-9-11-6-7-17(3)16-11/h4-7,14H,8-9H2,1-3H3. The summed E-state index contributed by atoms with van der Waals surface area (Å²) in [7, 11) is 3.79. The predicted octanol–water partition coefficient (Wildman–Crippen LogP) is 1.42.